The van der Waals surface area contributed by atoms with E-state index in [1.54, 1.807) is 25.2 Å². The molecule has 0 saturated carbocycles. The van der Waals surface area contributed by atoms with Crippen LogP contribution in [-0.2, 0) is 13.2 Å². The quantitative estimate of drug-likeness (QED) is 0.845. The van der Waals surface area contributed by atoms with Gasteiger partial charge in [-0.3, -0.25) is 4.79 Å². The van der Waals surface area contributed by atoms with Gasteiger partial charge in [0.2, 0.25) is 0 Å². The third-order valence-electron chi connectivity index (χ3n) is 3.81. The number of anilines is 2. The SMILES string of the molecule is CN(c1nc(C(F)(F)F)cs1)C1CN(c2cnn(C)c(=O)c2)C1. The largest absolute Gasteiger partial charge is 0.434 e. The van der Waals surface area contributed by atoms with E-state index in [0.717, 1.165) is 16.7 Å². The molecule has 1 aliphatic rings. The molecule has 1 aliphatic heterocycles. The van der Waals surface area contributed by atoms with Crippen molar-refractivity contribution in [3.63, 3.8) is 0 Å². The summed E-state index contributed by atoms with van der Waals surface area (Å²) < 4.78 is 39.0. The van der Waals surface area contributed by atoms with Crippen LogP contribution in [0, 0.1) is 0 Å². The predicted molar refractivity (Wildman–Crippen MR) is 81.0 cm³/mol. The zero-order valence-corrected chi connectivity index (χ0v) is 13.2. The summed E-state index contributed by atoms with van der Waals surface area (Å²) in [5, 5.41) is 5.31. The molecule has 0 amide bonds. The van der Waals surface area contributed by atoms with Gasteiger partial charge in [-0.15, -0.1) is 11.3 Å². The normalized spacial score (nSPS) is 15.6. The van der Waals surface area contributed by atoms with E-state index >= 15 is 0 Å². The minimum Gasteiger partial charge on any atom is -0.366 e. The fourth-order valence-corrected chi connectivity index (χ4v) is 3.13. The number of halogens is 3. The maximum absolute atomic E-state index is 12.6. The first-order valence-electron chi connectivity index (χ1n) is 6.79. The van der Waals surface area contributed by atoms with Gasteiger partial charge in [0.05, 0.1) is 17.9 Å². The molecule has 124 valence electrons. The van der Waals surface area contributed by atoms with Gasteiger partial charge in [0.15, 0.2) is 10.8 Å². The predicted octanol–water partition coefficient (Wildman–Crippen LogP) is 1.58. The Bertz CT molecular complexity index is 765. The van der Waals surface area contributed by atoms with E-state index < -0.39 is 11.9 Å². The summed E-state index contributed by atoms with van der Waals surface area (Å²) in [6.07, 6.45) is -2.82. The monoisotopic (exact) mass is 345 g/mol. The first-order valence-corrected chi connectivity index (χ1v) is 7.67. The van der Waals surface area contributed by atoms with Crippen LogP contribution in [0.25, 0.3) is 0 Å². The molecule has 0 bridgehead atoms. The number of hydrogen-bond donors (Lipinski definition) is 0. The summed E-state index contributed by atoms with van der Waals surface area (Å²) in [6, 6.07) is 1.54. The van der Waals surface area contributed by atoms with Crippen LogP contribution in [0.5, 0.6) is 0 Å². The van der Waals surface area contributed by atoms with Crippen molar-refractivity contribution in [1.82, 2.24) is 14.8 Å². The maximum Gasteiger partial charge on any atom is 0.434 e. The van der Waals surface area contributed by atoms with Crippen LogP contribution < -0.4 is 15.4 Å². The minimum absolute atomic E-state index is 0.0475. The van der Waals surface area contributed by atoms with Crippen LogP contribution in [0.4, 0.5) is 24.0 Å². The fourth-order valence-electron chi connectivity index (χ4n) is 2.26. The number of alkyl halides is 3. The summed E-state index contributed by atoms with van der Waals surface area (Å²) in [5.74, 6) is 0. The molecule has 0 unspecified atom stereocenters. The molecule has 0 radical (unpaired) electrons. The average molecular weight is 345 g/mol. The van der Waals surface area contributed by atoms with E-state index in [0.29, 0.717) is 23.9 Å². The molecule has 10 heteroatoms. The molecule has 3 heterocycles. The van der Waals surface area contributed by atoms with E-state index in [2.05, 4.69) is 10.1 Å². The third-order valence-corrected chi connectivity index (χ3v) is 4.74. The molecule has 2 aromatic heterocycles. The third kappa shape index (κ3) is 3.03. The molecule has 0 aromatic carbocycles. The van der Waals surface area contributed by atoms with Crippen molar-refractivity contribution in [2.75, 3.05) is 29.9 Å². The van der Waals surface area contributed by atoms with Crippen LogP contribution in [0.2, 0.25) is 0 Å². The highest BCUT2D eigenvalue weighted by Crippen LogP contribution is 2.34. The molecule has 1 saturated heterocycles. The number of hydrogen-bond acceptors (Lipinski definition) is 6. The first kappa shape index (κ1) is 15.8. The smallest absolute Gasteiger partial charge is 0.366 e. The number of rotatable bonds is 3. The zero-order valence-electron chi connectivity index (χ0n) is 12.4. The lowest BCUT2D eigenvalue weighted by atomic mass is 10.1. The Morgan fingerprint density at radius 1 is 1.39 bits per heavy atom. The summed E-state index contributed by atoms with van der Waals surface area (Å²) >= 11 is 0.974. The lowest BCUT2D eigenvalue weighted by Gasteiger charge is -2.45. The van der Waals surface area contributed by atoms with Gasteiger partial charge in [0.1, 0.15) is 0 Å². The summed E-state index contributed by atoms with van der Waals surface area (Å²) in [5.41, 5.74) is -0.349. The molecule has 23 heavy (non-hydrogen) atoms. The molecule has 0 N–H and O–H groups in total. The van der Waals surface area contributed by atoms with Crippen molar-refractivity contribution >= 4 is 22.2 Å². The number of nitrogens with zero attached hydrogens (tertiary/aromatic N) is 5. The summed E-state index contributed by atoms with van der Waals surface area (Å²) in [6.45, 7) is 1.21. The van der Waals surface area contributed by atoms with Crippen LogP contribution in [0.15, 0.2) is 22.4 Å². The molecular weight excluding hydrogens is 331 g/mol. The van der Waals surface area contributed by atoms with Crippen molar-refractivity contribution in [3.05, 3.63) is 33.7 Å². The number of thiazole rings is 1. The zero-order chi connectivity index (χ0) is 16.8. The van der Waals surface area contributed by atoms with E-state index in [4.69, 9.17) is 0 Å². The van der Waals surface area contributed by atoms with Gasteiger partial charge in [0.25, 0.3) is 5.56 Å². The van der Waals surface area contributed by atoms with Crippen LogP contribution in [-0.4, -0.2) is 40.9 Å². The Morgan fingerprint density at radius 3 is 2.65 bits per heavy atom. The van der Waals surface area contributed by atoms with Gasteiger partial charge in [0, 0.05) is 38.6 Å². The van der Waals surface area contributed by atoms with Crippen LogP contribution >= 0.6 is 11.3 Å². The van der Waals surface area contributed by atoms with E-state index in [-0.39, 0.29) is 11.6 Å². The Hall–Kier alpha value is -2.10. The van der Waals surface area contributed by atoms with E-state index in [1.165, 1.54) is 10.7 Å². The molecule has 0 atom stereocenters. The lowest BCUT2D eigenvalue weighted by Crippen LogP contribution is -2.59. The molecular formula is C13H14F3N5OS. The second-order valence-electron chi connectivity index (χ2n) is 5.36. The summed E-state index contributed by atoms with van der Waals surface area (Å²) in [4.78, 5) is 18.9. The molecule has 6 nitrogen and oxygen atoms in total. The van der Waals surface area contributed by atoms with E-state index in [9.17, 15) is 18.0 Å². The lowest BCUT2D eigenvalue weighted by molar-refractivity contribution is -0.140. The maximum atomic E-state index is 12.6. The Balaban J connectivity index is 1.65. The second kappa shape index (κ2) is 5.52. The molecule has 0 spiro atoms. The molecule has 0 aliphatic carbocycles. The van der Waals surface area contributed by atoms with Crippen molar-refractivity contribution < 1.29 is 13.2 Å². The Labute approximate surface area is 133 Å². The van der Waals surface area contributed by atoms with Crippen LogP contribution in [0.3, 0.4) is 0 Å². The molecule has 1 fully saturated rings. The first-order chi connectivity index (χ1) is 10.8. The van der Waals surface area contributed by atoms with Crippen LogP contribution in [0.1, 0.15) is 5.69 Å². The van der Waals surface area contributed by atoms with Crippen molar-refractivity contribution in [3.8, 4) is 0 Å². The highest BCUT2D eigenvalue weighted by molar-refractivity contribution is 7.13. The van der Waals surface area contributed by atoms with Gasteiger partial charge in [-0.25, -0.2) is 9.67 Å². The van der Waals surface area contributed by atoms with Gasteiger partial charge in [-0.1, -0.05) is 0 Å². The average Bonchev–Trinajstić information content (AvgIpc) is 2.90. The highest BCUT2D eigenvalue weighted by atomic mass is 32.1. The highest BCUT2D eigenvalue weighted by Gasteiger charge is 2.36. The van der Waals surface area contributed by atoms with E-state index in [1.807, 2.05) is 4.90 Å². The Kier molecular flexibility index (Phi) is 3.78. The standard InChI is InChI=1S/C13H14F3N5OS/c1-19(12-18-10(7-23-12)13(14,15)16)9-5-21(6-9)8-3-11(22)20(2)17-4-8/h3-4,7,9H,5-6H2,1-2H3. The summed E-state index contributed by atoms with van der Waals surface area (Å²) in [7, 11) is 3.29. The number of aromatic nitrogens is 3. The van der Waals surface area contributed by atoms with Gasteiger partial charge in [-0.05, 0) is 0 Å². The number of likely N-dealkylation sites (N-methyl/N-ethyl adjacent to an activating group) is 1. The topological polar surface area (TPSA) is 54.3 Å². The van der Waals surface area contributed by atoms with Crippen molar-refractivity contribution in [1.29, 1.82) is 0 Å². The van der Waals surface area contributed by atoms with Gasteiger partial charge >= 0.3 is 6.18 Å². The molecule has 3 rings (SSSR count). The Morgan fingerprint density at radius 2 is 2.09 bits per heavy atom. The van der Waals surface area contributed by atoms with Crippen molar-refractivity contribution in [2.24, 2.45) is 7.05 Å². The van der Waals surface area contributed by atoms with Gasteiger partial charge < -0.3 is 9.80 Å². The minimum atomic E-state index is -4.42. The fraction of sp³-hybridized carbons (Fsp3) is 0.462. The van der Waals surface area contributed by atoms with Crippen molar-refractivity contribution in [2.45, 2.75) is 12.2 Å². The number of aryl methyl sites for hydroxylation is 1. The second-order valence-corrected chi connectivity index (χ2v) is 6.19. The molecule has 2 aromatic rings. The van der Waals surface area contributed by atoms with Gasteiger partial charge in [-0.2, -0.15) is 18.3 Å².